The lowest BCUT2D eigenvalue weighted by Crippen LogP contribution is -2.58. The lowest BCUT2D eigenvalue weighted by atomic mass is 9.83. The van der Waals surface area contributed by atoms with Crippen LogP contribution in [0.1, 0.15) is 44.6 Å². The Morgan fingerprint density at radius 1 is 1.25 bits per heavy atom. The van der Waals surface area contributed by atoms with Gasteiger partial charge in [-0.05, 0) is 64.0 Å². The van der Waals surface area contributed by atoms with E-state index in [2.05, 4.69) is 48.4 Å². The number of pyridine rings is 1. The number of nitrogens with zero attached hydrogens (tertiary/aromatic N) is 2. The smallest absolute Gasteiger partial charge is 0.0359 e. The van der Waals surface area contributed by atoms with E-state index in [1.807, 2.05) is 12.4 Å². The van der Waals surface area contributed by atoms with E-state index in [9.17, 15) is 0 Å². The zero-order valence-corrected chi connectivity index (χ0v) is 13.2. The Morgan fingerprint density at radius 3 is 2.45 bits per heavy atom. The number of hydrogen-bond donors (Lipinski definition) is 1. The molecule has 0 aliphatic heterocycles. The average Bonchev–Trinajstić information content (AvgIpc) is 2.95. The molecule has 112 valence electrons. The van der Waals surface area contributed by atoms with Crippen LogP contribution in [-0.2, 0) is 6.42 Å². The highest BCUT2D eigenvalue weighted by Crippen LogP contribution is 2.37. The Hall–Kier alpha value is -0.930. The summed E-state index contributed by atoms with van der Waals surface area (Å²) in [5, 5.41) is 3.82. The van der Waals surface area contributed by atoms with Gasteiger partial charge in [0.15, 0.2) is 0 Å². The molecule has 3 heteroatoms. The summed E-state index contributed by atoms with van der Waals surface area (Å²) < 4.78 is 0. The molecular formula is C17H29N3. The summed E-state index contributed by atoms with van der Waals surface area (Å²) in [4.78, 5) is 6.60. The molecule has 1 N–H and O–H groups in total. The van der Waals surface area contributed by atoms with Gasteiger partial charge >= 0.3 is 0 Å². The number of hydrogen-bond acceptors (Lipinski definition) is 3. The Balaban J connectivity index is 2.17. The summed E-state index contributed by atoms with van der Waals surface area (Å²) in [7, 11) is 4.50. The third-order valence-electron chi connectivity index (χ3n) is 4.84. The second kappa shape index (κ2) is 7.19. The molecule has 2 rings (SSSR count). The standard InChI is InChI=1S/C17H29N3/c1-4-11-19-16(14-15-7-12-18-13-8-15)17(20(2)3)9-5-6-10-17/h7-8,12-13,16,19H,4-6,9-11,14H2,1-3H3. The zero-order valence-electron chi connectivity index (χ0n) is 13.2. The van der Waals surface area contributed by atoms with Crippen molar-refractivity contribution in [1.29, 1.82) is 0 Å². The maximum Gasteiger partial charge on any atom is 0.0359 e. The van der Waals surface area contributed by atoms with E-state index in [0.717, 1.165) is 13.0 Å². The third kappa shape index (κ3) is 3.39. The Bertz CT molecular complexity index is 382. The van der Waals surface area contributed by atoms with E-state index in [4.69, 9.17) is 0 Å². The molecule has 3 nitrogen and oxygen atoms in total. The molecule has 1 unspecified atom stereocenters. The van der Waals surface area contributed by atoms with Crippen molar-refractivity contribution in [3.05, 3.63) is 30.1 Å². The van der Waals surface area contributed by atoms with Crippen molar-refractivity contribution in [3.63, 3.8) is 0 Å². The second-order valence-corrected chi connectivity index (χ2v) is 6.27. The molecule has 1 aliphatic carbocycles. The molecule has 1 heterocycles. The first-order valence-electron chi connectivity index (χ1n) is 7.99. The summed E-state index contributed by atoms with van der Waals surface area (Å²) in [5.74, 6) is 0. The van der Waals surface area contributed by atoms with Gasteiger partial charge in [0.25, 0.3) is 0 Å². The number of likely N-dealkylation sites (N-methyl/N-ethyl adjacent to an activating group) is 1. The molecule has 0 spiro atoms. The Labute approximate surface area is 123 Å². The molecule has 0 radical (unpaired) electrons. The molecule has 0 amide bonds. The van der Waals surface area contributed by atoms with Gasteiger partial charge in [-0.2, -0.15) is 0 Å². The van der Waals surface area contributed by atoms with E-state index in [0.29, 0.717) is 11.6 Å². The topological polar surface area (TPSA) is 28.2 Å². The highest BCUT2D eigenvalue weighted by atomic mass is 15.2. The van der Waals surface area contributed by atoms with Crippen LogP contribution in [0.25, 0.3) is 0 Å². The number of aromatic nitrogens is 1. The minimum atomic E-state index is 0.318. The minimum Gasteiger partial charge on any atom is -0.312 e. The first kappa shape index (κ1) is 15.5. The van der Waals surface area contributed by atoms with Crippen molar-refractivity contribution in [2.45, 2.75) is 57.0 Å². The predicted octanol–water partition coefficient (Wildman–Crippen LogP) is 2.87. The van der Waals surface area contributed by atoms with E-state index < -0.39 is 0 Å². The van der Waals surface area contributed by atoms with Gasteiger partial charge < -0.3 is 10.2 Å². The maximum atomic E-state index is 4.13. The first-order valence-corrected chi connectivity index (χ1v) is 7.99. The minimum absolute atomic E-state index is 0.318. The fraction of sp³-hybridized carbons (Fsp3) is 0.706. The zero-order chi connectivity index (χ0) is 14.4. The van der Waals surface area contributed by atoms with E-state index in [1.54, 1.807) is 0 Å². The Kier molecular flexibility index (Phi) is 5.55. The van der Waals surface area contributed by atoms with E-state index >= 15 is 0 Å². The average molecular weight is 275 g/mol. The van der Waals surface area contributed by atoms with Crippen LogP contribution in [-0.4, -0.2) is 42.1 Å². The monoisotopic (exact) mass is 275 g/mol. The van der Waals surface area contributed by atoms with Crippen LogP contribution in [0, 0.1) is 0 Å². The summed E-state index contributed by atoms with van der Waals surface area (Å²) in [6.45, 7) is 3.35. The van der Waals surface area contributed by atoms with Crippen molar-refractivity contribution in [2.24, 2.45) is 0 Å². The summed E-state index contributed by atoms with van der Waals surface area (Å²) >= 11 is 0. The summed E-state index contributed by atoms with van der Waals surface area (Å²) in [6.07, 6.45) is 11.4. The maximum absolute atomic E-state index is 4.13. The van der Waals surface area contributed by atoms with Crippen LogP contribution in [0.5, 0.6) is 0 Å². The van der Waals surface area contributed by atoms with Crippen LogP contribution < -0.4 is 5.32 Å². The molecule has 1 aliphatic rings. The van der Waals surface area contributed by atoms with Crippen LogP contribution in [0.2, 0.25) is 0 Å². The Morgan fingerprint density at radius 2 is 1.90 bits per heavy atom. The van der Waals surface area contributed by atoms with Gasteiger partial charge in [-0.3, -0.25) is 4.98 Å². The third-order valence-corrected chi connectivity index (χ3v) is 4.84. The SMILES string of the molecule is CCCNC(Cc1ccncc1)C1(N(C)C)CCCC1. The van der Waals surface area contributed by atoms with Crippen LogP contribution in [0.15, 0.2) is 24.5 Å². The molecule has 0 aromatic carbocycles. The van der Waals surface area contributed by atoms with Crippen LogP contribution in [0.4, 0.5) is 0 Å². The van der Waals surface area contributed by atoms with Gasteiger partial charge in [-0.25, -0.2) is 0 Å². The largest absolute Gasteiger partial charge is 0.312 e. The highest BCUT2D eigenvalue weighted by Gasteiger charge is 2.42. The van der Waals surface area contributed by atoms with Crippen molar-refractivity contribution < 1.29 is 0 Å². The summed E-state index contributed by atoms with van der Waals surface area (Å²) in [6, 6.07) is 4.83. The first-order chi connectivity index (χ1) is 9.69. The number of rotatable bonds is 7. The fourth-order valence-electron chi connectivity index (χ4n) is 3.62. The van der Waals surface area contributed by atoms with Gasteiger partial charge in [-0.1, -0.05) is 19.8 Å². The molecule has 1 fully saturated rings. The van der Waals surface area contributed by atoms with Crippen molar-refractivity contribution in [3.8, 4) is 0 Å². The normalized spacial score (nSPS) is 19.4. The van der Waals surface area contributed by atoms with Crippen molar-refractivity contribution >= 4 is 0 Å². The molecule has 1 aromatic heterocycles. The molecule has 1 atom stereocenters. The number of nitrogens with one attached hydrogen (secondary N) is 1. The lowest BCUT2D eigenvalue weighted by Gasteiger charge is -2.44. The molecule has 1 aromatic rings. The van der Waals surface area contributed by atoms with Gasteiger partial charge in [0.05, 0.1) is 0 Å². The summed E-state index contributed by atoms with van der Waals surface area (Å²) in [5.41, 5.74) is 1.71. The van der Waals surface area contributed by atoms with Gasteiger partial charge in [0.2, 0.25) is 0 Å². The highest BCUT2D eigenvalue weighted by molar-refractivity contribution is 5.15. The van der Waals surface area contributed by atoms with Gasteiger partial charge in [-0.15, -0.1) is 0 Å². The predicted molar refractivity (Wildman–Crippen MR) is 84.9 cm³/mol. The molecule has 1 saturated carbocycles. The van der Waals surface area contributed by atoms with Crippen LogP contribution in [0.3, 0.4) is 0 Å². The fourth-order valence-corrected chi connectivity index (χ4v) is 3.62. The molecular weight excluding hydrogens is 246 g/mol. The molecule has 0 bridgehead atoms. The molecule has 0 saturated heterocycles. The molecule has 20 heavy (non-hydrogen) atoms. The van der Waals surface area contributed by atoms with E-state index in [1.165, 1.54) is 37.7 Å². The van der Waals surface area contributed by atoms with Gasteiger partial charge in [0.1, 0.15) is 0 Å². The van der Waals surface area contributed by atoms with Gasteiger partial charge in [0, 0.05) is 24.0 Å². The van der Waals surface area contributed by atoms with Crippen LogP contribution >= 0.6 is 0 Å². The van der Waals surface area contributed by atoms with E-state index in [-0.39, 0.29) is 0 Å². The quantitative estimate of drug-likeness (QED) is 0.829. The lowest BCUT2D eigenvalue weighted by molar-refractivity contribution is 0.104. The van der Waals surface area contributed by atoms with Crippen molar-refractivity contribution in [2.75, 3.05) is 20.6 Å². The van der Waals surface area contributed by atoms with Crippen molar-refractivity contribution in [1.82, 2.24) is 15.2 Å². The second-order valence-electron chi connectivity index (χ2n) is 6.27.